The Morgan fingerprint density at radius 3 is 2.23 bits per heavy atom. The minimum absolute atomic E-state index is 0.0177. The maximum absolute atomic E-state index is 9.35. The van der Waals surface area contributed by atoms with Crippen molar-refractivity contribution in [3.63, 3.8) is 0 Å². The van der Waals surface area contributed by atoms with E-state index in [1.807, 2.05) is 31.2 Å². The quantitative estimate of drug-likeness (QED) is 0.399. The highest BCUT2D eigenvalue weighted by Crippen LogP contribution is 2.14. The molecule has 2 aromatic rings. The third kappa shape index (κ3) is 6.01. The van der Waals surface area contributed by atoms with Crippen molar-refractivity contribution in [3.8, 4) is 5.75 Å². The number of rotatable bonds is 11. The zero-order valence-corrected chi connectivity index (χ0v) is 15.1. The van der Waals surface area contributed by atoms with Gasteiger partial charge < -0.3 is 30.9 Å². The van der Waals surface area contributed by atoms with Gasteiger partial charge in [-0.2, -0.15) is 15.0 Å². The fourth-order valence-corrected chi connectivity index (χ4v) is 2.15. The van der Waals surface area contributed by atoms with Gasteiger partial charge in [-0.15, -0.1) is 0 Å². The van der Waals surface area contributed by atoms with Gasteiger partial charge >= 0.3 is 0 Å². The SMILES string of the molecule is CC[C@H](CO)Nc1nc(NCCO)nc(NCc2ccc(OC)cc2)n1. The molecule has 5 N–H and O–H groups in total. The van der Waals surface area contributed by atoms with Crippen LogP contribution in [0.4, 0.5) is 17.8 Å². The summed E-state index contributed by atoms with van der Waals surface area (Å²) in [5.74, 6) is 1.90. The molecule has 1 heterocycles. The number of aromatic nitrogens is 3. The van der Waals surface area contributed by atoms with Gasteiger partial charge in [-0.3, -0.25) is 0 Å². The first-order chi connectivity index (χ1) is 12.7. The van der Waals surface area contributed by atoms with Crippen LogP contribution in [0.3, 0.4) is 0 Å². The number of hydrogen-bond acceptors (Lipinski definition) is 9. The summed E-state index contributed by atoms with van der Waals surface area (Å²) in [6.07, 6.45) is 0.732. The van der Waals surface area contributed by atoms with Crippen LogP contribution in [0.1, 0.15) is 18.9 Å². The van der Waals surface area contributed by atoms with E-state index in [1.165, 1.54) is 0 Å². The van der Waals surface area contributed by atoms with Crippen molar-refractivity contribution in [2.24, 2.45) is 0 Å². The molecular weight excluding hydrogens is 336 g/mol. The molecule has 0 spiro atoms. The van der Waals surface area contributed by atoms with E-state index < -0.39 is 0 Å². The molecule has 1 atom stereocenters. The topological polar surface area (TPSA) is 124 Å². The van der Waals surface area contributed by atoms with Crippen LogP contribution < -0.4 is 20.7 Å². The summed E-state index contributed by atoms with van der Waals surface area (Å²) >= 11 is 0. The standard InChI is InChI=1S/C17H26N6O3/c1-3-13(11-25)20-17-22-15(18-8-9-24)21-16(23-17)19-10-12-4-6-14(26-2)7-5-12/h4-7,13,24-25H,3,8-11H2,1-2H3,(H3,18,19,20,21,22,23)/t13-/m1/s1. The molecule has 9 heteroatoms. The number of nitrogens with zero attached hydrogens (tertiary/aromatic N) is 3. The van der Waals surface area contributed by atoms with Crippen LogP contribution in [0, 0.1) is 0 Å². The van der Waals surface area contributed by atoms with Crippen LogP contribution in [-0.4, -0.2) is 58.1 Å². The monoisotopic (exact) mass is 362 g/mol. The molecule has 1 aromatic heterocycles. The van der Waals surface area contributed by atoms with Crippen molar-refractivity contribution < 1.29 is 14.9 Å². The third-order valence-electron chi connectivity index (χ3n) is 3.69. The van der Waals surface area contributed by atoms with E-state index in [-0.39, 0.29) is 19.3 Å². The summed E-state index contributed by atoms with van der Waals surface area (Å²) in [6, 6.07) is 7.54. The zero-order valence-electron chi connectivity index (χ0n) is 15.1. The van der Waals surface area contributed by atoms with Gasteiger partial charge in [0.2, 0.25) is 17.8 Å². The van der Waals surface area contributed by atoms with Crippen molar-refractivity contribution in [3.05, 3.63) is 29.8 Å². The molecule has 0 aliphatic rings. The second-order valence-corrected chi connectivity index (χ2v) is 5.59. The Morgan fingerprint density at radius 1 is 1.00 bits per heavy atom. The van der Waals surface area contributed by atoms with E-state index in [2.05, 4.69) is 30.9 Å². The van der Waals surface area contributed by atoms with Gasteiger partial charge in [0, 0.05) is 13.1 Å². The number of hydrogen-bond donors (Lipinski definition) is 5. The van der Waals surface area contributed by atoms with Crippen LogP contribution >= 0.6 is 0 Å². The minimum atomic E-state index is -0.141. The van der Waals surface area contributed by atoms with Crippen molar-refractivity contribution >= 4 is 17.8 Å². The molecule has 0 saturated carbocycles. The first kappa shape index (κ1) is 19.7. The zero-order chi connectivity index (χ0) is 18.8. The van der Waals surface area contributed by atoms with E-state index in [0.717, 1.165) is 17.7 Å². The predicted molar refractivity (Wildman–Crippen MR) is 101 cm³/mol. The van der Waals surface area contributed by atoms with Gasteiger partial charge in [0.05, 0.1) is 26.4 Å². The Labute approximate surface area is 152 Å². The smallest absolute Gasteiger partial charge is 0.229 e. The summed E-state index contributed by atoms with van der Waals surface area (Å²) < 4.78 is 5.15. The molecule has 26 heavy (non-hydrogen) atoms. The molecule has 2 rings (SSSR count). The van der Waals surface area contributed by atoms with E-state index in [9.17, 15) is 5.11 Å². The van der Waals surface area contributed by atoms with Crippen LogP contribution in [0.15, 0.2) is 24.3 Å². The lowest BCUT2D eigenvalue weighted by Crippen LogP contribution is -2.25. The molecule has 0 bridgehead atoms. The largest absolute Gasteiger partial charge is 0.497 e. The molecule has 0 aliphatic heterocycles. The summed E-state index contributed by atoms with van der Waals surface area (Å²) in [5.41, 5.74) is 1.05. The minimum Gasteiger partial charge on any atom is -0.497 e. The van der Waals surface area contributed by atoms with Crippen LogP contribution in [0.25, 0.3) is 0 Å². The molecular formula is C17H26N6O3. The second-order valence-electron chi connectivity index (χ2n) is 5.59. The molecule has 142 valence electrons. The van der Waals surface area contributed by atoms with E-state index in [1.54, 1.807) is 7.11 Å². The highest BCUT2D eigenvalue weighted by molar-refractivity contribution is 5.43. The van der Waals surface area contributed by atoms with Crippen molar-refractivity contribution in [2.45, 2.75) is 25.9 Å². The first-order valence-electron chi connectivity index (χ1n) is 8.53. The number of anilines is 3. The lowest BCUT2D eigenvalue weighted by atomic mass is 10.2. The number of aliphatic hydroxyl groups excluding tert-OH is 2. The summed E-state index contributed by atoms with van der Waals surface area (Å²) in [4.78, 5) is 12.9. The summed E-state index contributed by atoms with van der Waals surface area (Å²) in [7, 11) is 1.63. The fraction of sp³-hybridized carbons (Fsp3) is 0.471. The van der Waals surface area contributed by atoms with Crippen molar-refractivity contribution in [2.75, 3.05) is 42.8 Å². The molecule has 0 radical (unpaired) electrons. The number of nitrogens with one attached hydrogen (secondary N) is 3. The van der Waals surface area contributed by atoms with E-state index in [0.29, 0.717) is 30.9 Å². The Bertz CT molecular complexity index is 664. The van der Waals surface area contributed by atoms with Crippen molar-refractivity contribution in [1.82, 2.24) is 15.0 Å². The average molecular weight is 362 g/mol. The van der Waals surface area contributed by atoms with Gasteiger partial charge in [-0.1, -0.05) is 19.1 Å². The van der Waals surface area contributed by atoms with Gasteiger partial charge in [-0.25, -0.2) is 0 Å². The molecule has 0 saturated heterocycles. The molecule has 1 aromatic carbocycles. The Hall–Kier alpha value is -2.65. The molecule has 0 unspecified atom stereocenters. The lowest BCUT2D eigenvalue weighted by Gasteiger charge is -2.15. The molecule has 9 nitrogen and oxygen atoms in total. The fourth-order valence-electron chi connectivity index (χ4n) is 2.15. The molecule has 0 aliphatic carbocycles. The molecule has 0 amide bonds. The van der Waals surface area contributed by atoms with Crippen molar-refractivity contribution in [1.29, 1.82) is 0 Å². The highest BCUT2D eigenvalue weighted by Gasteiger charge is 2.10. The maximum atomic E-state index is 9.35. The Kier molecular flexibility index (Phi) is 7.84. The number of aliphatic hydroxyl groups is 2. The third-order valence-corrected chi connectivity index (χ3v) is 3.69. The van der Waals surface area contributed by atoms with Crippen LogP contribution in [0.2, 0.25) is 0 Å². The number of ether oxygens (including phenoxy) is 1. The second kappa shape index (κ2) is 10.4. The number of methoxy groups -OCH3 is 1. The Morgan fingerprint density at radius 2 is 1.65 bits per heavy atom. The van der Waals surface area contributed by atoms with Gasteiger partial charge in [-0.05, 0) is 24.1 Å². The summed E-state index contributed by atoms with van der Waals surface area (Å²) in [5, 5.41) is 27.5. The average Bonchev–Trinajstić information content (AvgIpc) is 2.69. The summed E-state index contributed by atoms with van der Waals surface area (Å²) in [6.45, 7) is 2.78. The van der Waals surface area contributed by atoms with Gasteiger partial charge in [0.15, 0.2) is 0 Å². The predicted octanol–water partition coefficient (Wildman–Crippen LogP) is 1.08. The lowest BCUT2D eigenvalue weighted by molar-refractivity contribution is 0.271. The van der Waals surface area contributed by atoms with Crippen LogP contribution in [-0.2, 0) is 6.54 Å². The number of benzene rings is 1. The highest BCUT2D eigenvalue weighted by atomic mass is 16.5. The molecule has 0 fully saturated rings. The normalized spacial score (nSPS) is 11.7. The van der Waals surface area contributed by atoms with E-state index in [4.69, 9.17) is 9.84 Å². The van der Waals surface area contributed by atoms with Gasteiger partial charge in [0.25, 0.3) is 0 Å². The maximum Gasteiger partial charge on any atom is 0.229 e. The van der Waals surface area contributed by atoms with Crippen LogP contribution in [0.5, 0.6) is 5.75 Å². The first-order valence-corrected chi connectivity index (χ1v) is 8.53. The van der Waals surface area contributed by atoms with Gasteiger partial charge in [0.1, 0.15) is 5.75 Å². The van der Waals surface area contributed by atoms with E-state index >= 15 is 0 Å². The Balaban J connectivity index is 2.10.